The normalized spacial score (nSPS) is 12.5. The van der Waals surface area contributed by atoms with Crippen LogP contribution in [0.15, 0.2) is 35.5 Å². The Labute approximate surface area is 149 Å². The van der Waals surface area contributed by atoms with Gasteiger partial charge in [0, 0.05) is 24.4 Å². The van der Waals surface area contributed by atoms with Gasteiger partial charge in [0.25, 0.3) is 0 Å². The predicted octanol–water partition coefficient (Wildman–Crippen LogP) is 3.26. The molecule has 0 aromatic carbocycles. The van der Waals surface area contributed by atoms with Crippen LogP contribution in [0.3, 0.4) is 0 Å². The zero-order valence-electron chi connectivity index (χ0n) is 14.6. The van der Waals surface area contributed by atoms with Crippen molar-refractivity contribution in [1.29, 1.82) is 0 Å². The third-order valence-electron chi connectivity index (χ3n) is 3.91. The molecule has 0 radical (unpaired) electrons. The van der Waals surface area contributed by atoms with Crippen molar-refractivity contribution in [2.45, 2.75) is 30.4 Å². The maximum Gasteiger partial charge on any atom is 0.216 e. The summed E-state index contributed by atoms with van der Waals surface area (Å²) in [6.45, 7) is 4.72. The summed E-state index contributed by atoms with van der Waals surface area (Å²) in [7, 11) is -2.38. The van der Waals surface area contributed by atoms with Crippen LogP contribution in [-0.4, -0.2) is 34.6 Å². The average Bonchev–Trinajstić information content (AvgIpc) is 2.94. The third-order valence-corrected chi connectivity index (χ3v) is 6.41. The van der Waals surface area contributed by atoms with Gasteiger partial charge in [-0.05, 0) is 20.8 Å². The number of nitrogens with zero attached hydrogens (tertiary/aromatic N) is 3. The van der Waals surface area contributed by atoms with Gasteiger partial charge in [0.1, 0.15) is 22.1 Å². The molecule has 0 saturated heterocycles. The summed E-state index contributed by atoms with van der Waals surface area (Å²) in [6.07, 6.45) is 2.70. The lowest BCUT2D eigenvalue weighted by molar-refractivity contribution is 0.401. The monoisotopic (exact) mass is 381 g/mol. The molecule has 9 heteroatoms. The Hall–Kier alpha value is -2.55. The van der Waals surface area contributed by atoms with E-state index >= 15 is 0 Å². The summed E-state index contributed by atoms with van der Waals surface area (Å²) in [5.74, 6) is -1.63. The van der Waals surface area contributed by atoms with E-state index in [-0.39, 0.29) is 22.0 Å². The topological polar surface area (TPSA) is 73.6 Å². The zero-order valence-corrected chi connectivity index (χ0v) is 15.4. The summed E-state index contributed by atoms with van der Waals surface area (Å²) in [5.41, 5.74) is 0.613. The van der Waals surface area contributed by atoms with Crippen molar-refractivity contribution in [1.82, 2.24) is 14.4 Å². The summed E-state index contributed by atoms with van der Waals surface area (Å²) in [6, 6.07) is 3.16. The lowest BCUT2D eigenvalue weighted by atomic mass is 10.3. The van der Waals surface area contributed by atoms with Gasteiger partial charge < -0.3 is 4.74 Å². The first-order chi connectivity index (χ1) is 12.0. The van der Waals surface area contributed by atoms with Crippen LogP contribution in [0.1, 0.15) is 20.8 Å². The largest absolute Gasteiger partial charge is 0.495 e. The lowest BCUT2D eigenvalue weighted by Crippen LogP contribution is -2.28. The Morgan fingerprint density at radius 2 is 1.85 bits per heavy atom. The van der Waals surface area contributed by atoms with Crippen LogP contribution in [0.25, 0.3) is 17.0 Å². The highest BCUT2D eigenvalue weighted by molar-refractivity contribution is 7.92. The number of ether oxygens (including phenoxy) is 1. The van der Waals surface area contributed by atoms with Crippen LogP contribution in [0.4, 0.5) is 8.78 Å². The maximum absolute atomic E-state index is 13.5. The second-order valence-corrected chi connectivity index (χ2v) is 9.36. The average molecular weight is 381 g/mol. The summed E-state index contributed by atoms with van der Waals surface area (Å²) < 4.78 is 58.4. The molecule has 0 spiro atoms. The van der Waals surface area contributed by atoms with Crippen LogP contribution < -0.4 is 4.74 Å². The first kappa shape index (κ1) is 18.2. The van der Waals surface area contributed by atoms with E-state index < -0.39 is 26.3 Å². The van der Waals surface area contributed by atoms with Gasteiger partial charge >= 0.3 is 0 Å². The van der Waals surface area contributed by atoms with E-state index in [4.69, 9.17) is 4.74 Å². The molecule has 6 nitrogen and oxygen atoms in total. The SMILES string of the molecule is COc1cc2ncc(-c3cc(F)cc(F)n3)n2cc1S(=O)(=O)C(C)(C)C. The molecule has 138 valence electrons. The fourth-order valence-corrected chi connectivity index (χ4v) is 3.78. The second-order valence-electron chi connectivity index (χ2n) is 6.69. The smallest absolute Gasteiger partial charge is 0.216 e. The number of sulfone groups is 1. The Morgan fingerprint density at radius 1 is 1.15 bits per heavy atom. The summed E-state index contributed by atoms with van der Waals surface area (Å²) in [5, 5.41) is 0. The molecule has 3 aromatic rings. The number of pyridine rings is 2. The van der Waals surface area contributed by atoms with E-state index in [0.717, 1.165) is 6.07 Å². The number of methoxy groups -OCH3 is 1. The van der Waals surface area contributed by atoms with E-state index in [0.29, 0.717) is 11.7 Å². The van der Waals surface area contributed by atoms with Crippen LogP contribution in [0.2, 0.25) is 0 Å². The van der Waals surface area contributed by atoms with Crippen molar-refractivity contribution in [2.24, 2.45) is 0 Å². The molecule has 0 N–H and O–H groups in total. The minimum absolute atomic E-state index is 0.000673. The van der Waals surface area contributed by atoms with Gasteiger partial charge in [-0.3, -0.25) is 4.40 Å². The fraction of sp³-hybridized carbons (Fsp3) is 0.294. The molecule has 3 heterocycles. The van der Waals surface area contributed by atoms with Gasteiger partial charge in [-0.1, -0.05) is 0 Å². The number of fused-ring (bicyclic) bond motifs is 1. The molecule has 0 saturated carbocycles. The van der Waals surface area contributed by atoms with Crippen LogP contribution >= 0.6 is 0 Å². The molecule has 3 aromatic heterocycles. The number of rotatable bonds is 3. The second kappa shape index (κ2) is 6.01. The van der Waals surface area contributed by atoms with Crippen molar-refractivity contribution in [3.63, 3.8) is 0 Å². The van der Waals surface area contributed by atoms with Crippen molar-refractivity contribution >= 4 is 15.5 Å². The molecular formula is C17H17F2N3O3S. The van der Waals surface area contributed by atoms with Gasteiger partial charge in [-0.2, -0.15) is 4.39 Å². The molecule has 26 heavy (non-hydrogen) atoms. The van der Waals surface area contributed by atoms with Crippen molar-refractivity contribution in [2.75, 3.05) is 7.11 Å². The van der Waals surface area contributed by atoms with E-state index in [2.05, 4.69) is 9.97 Å². The molecule has 0 bridgehead atoms. The Morgan fingerprint density at radius 3 is 2.42 bits per heavy atom. The summed E-state index contributed by atoms with van der Waals surface area (Å²) in [4.78, 5) is 7.77. The minimum Gasteiger partial charge on any atom is -0.495 e. The van der Waals surface area contributed by atoms with Crippen LogP contribution in [-0.2, 0) is 9.84 Å². The number of hydrogen-bond donors (Lipinski definition) is 0. The molecule has 0 atom stereocenters. The fourth-order valence-electron chi connectivity index (χ4n) is 2.46. The first-order valence-corrected chi connectivity index (χ1v) is 9.16. The zero-order chi connectivity index (χ0) is 19.3. The molecule has 0 fully saturated rings. The van der Waals surface area contributed by atoms with E-state index in [1.807, 2.05) is 0 Å². The highest BCUT2D eigenvalue weighted by atomic mass is 32.2. The van der Waals surface area contributed by atoms with Crippen molar-refractivity contribution in [3.8, 4) is 17.1 Å². The van der Waals surface area contributed by atoms with E-state index in [1.54, 1.807) is 20.8 Å². The summed E-state index contributed by atoms with van der Waals surface area (Å²) >= 11 is 0. The maximum atomic E-state index is 13.5. The quantitative estimate of drug-likeness (QED) is 0.651. The number of aromatic nitrogens is 3. The van der Waals surface area contributed by atoms with Gasteiger partial charge in [-0.15, -0.1) is 0 Å². The molecule has 0 aliphatic carbocycles. The first-order valence-electron chi connectivity index (χ1n) is 7.68. The molecule has 0 amide bonds. The Bertz CT molecular complexity index is 1080. The standard InChI is InChI=1S/C17H17F2N3O3S/c1-17(2,3)26(23,24)14-9-22-12(8-20-16(22)7-13(14)25-4)11-5-10(18)6-15(19)21-11/h5-9H,1-4H3. The minimum atomic E-state index is -3.75. The molecular weight excluding hydrogens is 364 g/mol. The predicted molar refractivity (Wildman–Crippen MR) is 91.8 cm³/mol. The van der Waals surface area contributed by atoms with Crippen molar-refractivity contribution in [3.05, 3.63) is 42.4 Å². The Balaban J connectivity index is 2.32. The third kappa shape index (κ3) is 2.92. The van der Waals surface area contributed by atoms with E-state index in [1.165, 1.54) is 30.0 Å². The van der Waals surface area contributed by atoms with Crippen LogP contribution in [0.5, 0.6) is 5.75 Å². The Kier molecular flexibility index (Phi) is 4.22. The van der Waals surface area contributed by atoms with Gasteiger partial charge in [0.2, 0.25) is 5.95 Å². The molecule has 0 aliphatic heterocycles. The highest BCUT2D eigenvalue weighted by Gasteiger charge is 2.34. The molecule has 0 aliphatic rings. The van der Waals surface area contributed by atoms with Gasteiger partial charge in [0.05, 0.1) is 29.4 Å². The number of halogens is 2. The number of hydrogen-bond acceptors (Lipinski definition) is 5. The van der Waals surface area contributed by atoms with Gasteiger partial charge in [0.15, 0.2) is 9.84 Å². The lowest BCUT2D eigenvalue weighted by Gasteiger charge is -2.21. The molecule has 0 unspecified atom stereocenters. The van der Waals surface area contributed by atoms with Crippen molar-refractivity contribution < 1.29 is 21.9 Å². The van der Waals surface area contributed by atoms with E-state index in [9.17, 15) is 17.2 Å². The number of imidazole rings is 1. The van der Waals surface area contributed by atoms with Gasteiger partial charge in [-0.25, -0.2) is 22.8 Å². The van der Waals surface area contributed by atoms with Crippen LogP contribution in [0, 0.1) is 11.8 Å². The highest BCUT2D eigenvalue weighted by Crippen LogP contribution is 2.34. The molecule has 3 rings (SSSR count).